The van der Waals surface area contributed by atoms with Crippen LogP contribution in [0, 0.1) is 10.1 Å². The number of nitrogens with zero attached hydrogens (tertiary/aromatic N) is 2. The van der Waals surface area contributed by atoms with Gasteiger partial charge >= 0.3 is 5.69 Å². The molecule has 0 aliphatic carbocycles. The third kappa shape index (κ3) is 6.78. The number of primary sulfonamides is 1. The monoisotopic (exact) mass is 430 g/mol. The Balaban J connectivity index is 2.20. The predicted octanol–water partition coefficient (Wildman–Crippen LogP) is 2.83. The van der Waals surface area contributed by atoms with Gasteiger partial charge in [0.2, 0.25) is 10.0 Å². The van der Waals surface area contributed by atoms with Gasteiger partial charge in [-0.2, -0.15) is 0 Å². The molecule has 0 radical (unpaired) electrons. The van der Waals surface area contributed by atoms with Crippen LogP contribution in [0.5, 0.6) is 0 Å². The second-order valence-electron chi connectivity index (χ2n) is 6.14. The Hall–Kier alpha value is -1.66. The van der Waals surface area contributed by atoms with E-state index < -0.39 is 14.9 Å². The smallest absolute Gasteiger partial charge is 0.304 e. The van der Waals surface area contributed by atoms with Crippen molar-refractivity contribution >= 4 is 43.8 Å². The minimum absolute atomic E-state index is 0.0803. The molecule has 8 nitrogen and oxygen atoms in total. The first kappa shape index (κ1) is 21.6. The molecule has 3 N–H and O–H groups in total. The number of nitrogens with one attached hydrogen (secondary N) is 1. The zero-order valence-corrected chi connectivity index (χ0v) is 17.4. The molecule has 0 amide bonds. The summed E-state index contributed by atoms with van der Waals surface area (Å²) in [6.45, 7) is 0.786. The molecule has 0 saturated heterocycles. The zero-order chi connectivity index (χ0) is 20.0. The van der Waals surface area contributed by atoms with Crippen molar-refractivity contribution in [2.75, 3.05) is 31.7 Å². The van der Waals surface area contributed by atoms with Gasteiger partial charge in [-0.25, -0.2) is 13.6 Å². The van der Waals surface area contributed by atoms with Gasteiger partial charge in [-0.3, -0.25) is 10.1 Å². The fourth-order valence-electron chi connectivity index (χ4n) is 2.25. The molecule has 27 heavy (non-hydrogen) atoms. The van der Waals surface area contributed by atoms with Crippen LogP contribution in [0.3, 0.4) is 0 Å². The summed E-state index contributed by atoms with van der Waals surface area (Å²) in [5.74, 6) is 0.678. The normalized spacial score (nSPS) is 12.9. The number of hydrogen-bond donors (Lipinski definition) is 2. The number of thioether (sulfide) groups is 1. The molecule has 0 fully saturated rings. The molecule has 0 aliphatic heterocycles. The number of anilines is 1. The van der Waals surface area contributed by atoms with E-state index in [0.717, 1.165) is 35.3 Å². The highest BCUT2D eigenvalue weighted by Gasteiger charge is 2.26. The first-order valence-corrected chi connectivity index (χ1v) is 11.4. The summed E-state index contributed by atoms with van der Waals surface area (Å²) in [5.41, 5.74) is -0.274. The average Bonchev–Trinajstić information content (AvgIpc) is 3.02. The van der Waals surface area contributed by atoms with Crippen LogP contribution in [0.1, 0.15) is 6.42 Å². The van der Waals surface area contributed by atoms with Gasteiger partial charge in [0.1, 0.15) is 4.21 Å². The Labute approximate surface area is 167 Å². The maximum atomic E-state index is 11.6. The maximum absolute atomic E-state index is 11.6. The minimum atomic E-state index is -3.99. The van der Waals surface area contributed by atoms with Crippen LogP contribution in [-0.2, 0) is 10.0 Å². The van der Waals surface area contributed by atoms with E-state index in [9.17, 15) is 18.5 Å². The van der Waals surface area contributed by atoms with Gasteiger partial charge in [0.15, 0.2) is 5.00 Å². The quantitative estimate of drug-likeness (QED) is 0.338. The molecule has 148 valence electrons. The van der Waals surface area contributed by atoms with Crippen LogP contribution >= 0.6 is 23.1 Å². The van der Waals surface area contributed by atoms with Crippen molar-refractivity contribution in [3.63, 3.8) is 0 Å². The van der Waals surface area contributed by atoms with E-state index >= 15 is 0 Å². The Kier molecular flexibility index (Phi) is 7.62. The van der Waals surface area contributed by atoms with Gasteiger partial charge in [-0.15, -0.1) is 11.8 Å². The third-order valence-corrected chi connectivity index (χ3v) is 7.27. The Morgan fingerprint density at radius 2 is 2.00 bits per heavy atom. The molecule has 1 heterocycles. The lowest BCUT2D eigenvalue weighted by atomic mass is 10.2. The molecule has 0 saturated carbocycles. The number of sulfonamides is 1. The van der Waals surface area contributed by atoms with E-state index in [1.807, 2.05) is 49.3 Å². The second kappa shape index (κ2) is 9.51. The summed E-state index contributed by atoms with van der Waals surface area (Å²) >= 11 is 2.43. The molecule has 1 aromatic carbocycles. The lowest BCUT2D eigenvalue weighted by Crippen LogP contribution is -2.27. The van der Waals surface area contributed by atoms with Crippen LogP contribution in [0.15, 0.2) is 45.5 Å². The summed E-state index contributed by atoms with van der Waals surface area (Å²) in [4.78, 5) is 13.8. The molecule has 2 rings (SSSR count). The highest BCUT2D eigenvalue weighted by atomic mass is 32.2. The molecule has 0 spiro atoms. The summed E-state index contributed by atoms with van der Waals surface area (Å²) in [7, 11) is -0.0892. The molecule has 0 bridgehead atoms. The minimum Gasteiger partial charge on any atom is -0.368 e. The largest absolute Gasteiger partial charge is 0.368 e. The predicted molar refractivity (Wildman–Crippen MR) is 110 cm³/mol. The average molecular weight is 431 g/mol. The Bertz CT molecular complexity index is 869. The van der Waals surface area contributed by atoms with Crippen molar-refractivity contribution in [2.24, 2.45) is 5.14 Å². The summed E-state index contributed by atoms with van der Waals surface area (Å²) in [6.07, 6.45) is 0.743. The Morgan fingerprint density at radius 1 is 1.33 bits per heavy atom. The molecule has 2 aromatic rings. The fraction of sp³-hybridized carbons (Fsp3) is 0.375. The van der Waals surface area contributed by atoms with E-state index in [4.69, 9.17) is 5.14 Å². The first-order chi connectivity index (χ1) is 12.7. The van der Waals surface area contributed by atoms with Crippen molar-refractivity contribution in [1.82, 2.24) is 4.90 Å². The fourth-order valence-corrected chi connectivity index (χ4v) is 5.07. The maximum Gasteiger partial charge on any atom is 0.304 e. The standard InChI is InChI=1S/C16H22N4O4S3/c1-19(2)9-8-12(11-25-13-6-4-3-5-7-13)18-16-14(20(21)22)10-15(26-16)27(17,23)24/h3-7,10,12,18H,8-9,11H2,1-2H3,(H2,17,23,24)/t12-/m1/s1. The highest BCUT2D eigenvalue weighted by Crippen LogP contribution is 2.37. The second-order valence-corrected chi connectivity index (χ2v) is 10.1. The lowest BCUT2D eigenvalue weighted by molar-refractivity contribution is -0.383. The number of rotatable bonds is 10. The molecule has 11 heteroatoms. The van der Waals surface area contributed by atoms with Gasteiger partial charge in [-0.1, -0.05) is 29.5 Å². The molecule has 0 unspecified atom stereocenters. The van der Waals surface area contributed by atoms with Crippen LogP contribution in [0.4, 0.5) is 10.7 Å². The lowest BCUT2D eigenvalue weighted by Gasteiger charge is -2.20. The van der Waals surface area contributed by atoms with Gasteiger partial charge in [0, 0.05) is 22.8 Å². The topological polar surface area (TPSA) is 119 Å². The number of nitro groups is 1. The van der Waals surface area contributed by atoms with Crippen LogP contribution in [0.25, 0.3) is 0 Å². The molecule has 1 aromatic heterocycles. The Morgan fingerprint density at radius 3 is 2.56 bits per heavy atom. The molecular weight excluding hydrogens is 408 g/mol. The highest BCUT2D eigenvalue weighted by molar-refractivity contribution is 7.99. The van der Waals surface area contributed by atoms with Crippen LogP contribution in [0.2, 0.25) is 0 Å². The van der Waals surface area contributed by atoms with Crippen molar-refractivity contribution in [3.8, 4) is 0 Å². The SMILES string of the molecule is CN(C)CC[C@H](CSc1ccccc1)Nc1sc(S(N)(=O)=O)cc1[N+](=O)[O-]. The van der Waals surface area contributed by atoms with E-state index in [-0.39, 0.29) is 20.9 Å². The van der Waals surface area contributed by atoms with Crippen LogP contribution < -0.4 is 10.5 Å². The number of thiophene rings is 1. The third-order valence-electron chi connectivity index (χ3n) is 3.62. The van der Waals surface area contributed by atoms with Gasteiger partial charge in [0.05, 0.1) is 4.92 Å². The zero-order valence-electron chi connectivity index (χ0n) is 15.0. The number of benzene rings is 1. The molecule has 1 atom stereocenters. The summed E-state index contributed by atoms with van der Waals surface area (Å²) < 4.78 is 22.9. The van der Waals surface area contributed by atoms with E-state index in [2.05, 4.69) is 5.32 Å². The van der Waals surface area contributed by atoms with Crippen molar-refractivity contribution in [1.29, 1.82) is 0 Å². The van der Waals surface area contributed by atoms with Crippen molar-refractivity contribution < 1.29 is 13.3 Å². The summed E-state index contributed by atoms with van der Waals surface area (Å²) in [5, 5.41) is 19.8. The van der Waals surface area contributed by atoms with Gasteiger partial charge in [-0.05, 0) is 39.2 Å². The van der Waals surface area contributed by atoms with Crippen molar-refractivity contribution in [3.05, 3.63) is 46.5 Å². The molecule has 0 aliphatic rings. The molecular formula is C16H22N4O4S3. The van der Waals surface area contributed by atoms with Crippen molar-refractivity contribution in [2.45, 2.75) is 21.6 Å². The number of nitrogens with two attached hydrogens (primary N) is 1. The van der Waals surface area contributed by atoms with E-state index in [0.29, 0.717) is 5.75 Å². The van der Waals surface area contributed by atoms with E-state index in [1.165, 1.54) is 0 Å². The first-order valence-electron chi connectivity index (χ1n) is 8.07. The van der Waals surface area contributed by atoms with Gasteiger partial charge < -0.3 is 10.2 Å². The summed E-state index contributed by atoms with van der Waals surface area (Å²) in [6, 6.07) is 10.8. The van der Waals surface area contributed by atoms with Gasteiger partial charge in [0.25, 0.3) is 0 Å². The van der Waals surface area contributed by atoms with E-state index in [1.54, 1.807) is 11.8 Å². The number of hydrogen-bond acceptors (Lipinski definition) is 8. The van der Waals surface area contributed by atoms with Crippen LogP contribution in [-0.4, -0.2) is 50.7 Å².